The fourth-order valence-electron chi connectivity index (χ4n) is 2.03. The van der Waals surface area contributed by atoms with E-state index >= 15 is 0 Å². The summed E-state index contributed by atoms with van der Waals surface area (Å²) in [6, 6.07) is 6.68. The van der Waals surface area contributed by atoms with Gasteiger partial charge in [-0.05, 0) is 31.5 Å². The van der Waals surface area contributed by atoms with E-state index in [-0.39, 0.29) is 0 Å². The highest BCUT2D eigenvalue weighted by atomic mass is 35.5. The molecule has 1 heterocycles. The fourth-order valence-corrected chi connectivity index (χ4v) is 2.20. The zero-order chi connectivity index (χ0) is 11.0. The van der Waals surface area contributed by atoms with Gasteiger partial charge in [0.2, 0.25) is 0 Å². The van der Waals surface area contributed by atoms with Crippen molar-refractivity contribution in [1.82, 2.24) is 0 Å². The van der Waals surface area contributed by atoms with Crippen molar-refractivity contribution in [3.8, 4) is 0 Å². The van der Waals surface area contributed by atoms with Crippen molar-refractivity contribution in [3.05, 3.63) is 23.2 Å². The molecule has 0 aromatic heterocycles. The average Bonchev–Trinajstić information content (AvgIpc) is 2.32. The van der Waals surface area contributed by atoms with Crippen LogP contribution in [0.1, 0.15) is 13.3 Å². The van der Waals surface area contributed by atoms with Crippen LogP contribution in [0, 0.1) is 0 Å². The van der Waals surface area contributed by atoms with E-state index in [1.54, 1.807) is 0 Å². The molecule has 0 saturated heterocycles. The predicted octanol–water partition coefficient (Wildman–Crippen LogP) is 3.00. The van der Waals surface area contributed by atoms with Gasteiger partial charge in [0.15, 0.2) is 0 Å². The number of rotatable bonds is 0. The molecule has 0 spiro atoms. The first kappa shape index (κ1) is 10.6. The molecule has 0 radical (unpaired) electrons. The van der Waals surface area contributed by atoms with Crippen LogP contribution in [0.4, 0.5) is 11.4 Å². The van der Waals surface area contributed by atoms with E-state index in [0.717, 1.165) is 11.6 Å². The summed E-state index contributed by atoms with van der Waals surface area (Å²) < 4.78 is 0. The molecule has 0 saturated carbocycles. The molecule has 3 heteroatoms. The summed E-state index contributed by atoms with van der Waals surface area (Å²) in [5, 5.41) is 0.808. The molecule has 1 aliphatic heterocycles. The van der Waals surface area contributed by atoms with Crippen LogP contribution >= 0.6 is 11.6 Å². The minimum atomic E-state index is 0.562. The molecule has 1 aromatic rings. The van der Waals surface area contributed by atoms with Crippen LogP contribution < -0.4 is 9.80 Å². The topological polar surface area (TPSA) is 6.48 Å². The second kappa shape index (κ2) is 3.93. The minimum absolute atomic E-state index is 0.562. The van der Waals surface area contributed by atoms with Crippen LogP contribution in [0.3, 0.4) is 0 Å². The Hall–Kier alpha value is -0.890. The third-order valence-corrected chi connectivity index (χ3v) is 3.51. The lowest BCUT2D eigenvalue weighted by atomic mass is 10.2. The molecule has 0 unspecified atom stereocenters. The van der Waals surface area contributed by atoms with Crippen LogP contribution in [-0.4, -0.2) is 26.7 Å². The molecule has 0 aliphatic carbocycles. The van der Waals surface area contributed by atoms with Crippen molar-refractivity contribution in [3.63, 3.8) is 0 Å². The summed E-state index contributed by atoms with van der Waals surface area (Å²) in [5.41, 5.74) is 2.50. The van der Waals surface area contributed by atoms with Crippen LogP contribution in [0.15, 0.2) is 18.2 Å². The van der Waals surface area contributed by atoms with Gasteiger partial charge in [0.1, 0.15) is 0 Å². The Kier molecular flexibility index (Phi) is 2.79. The third-order valence-electron chi connectivity index (χ3n) is 3.27. The van der Waals surface area contributed by atoms with Gasteiger partial charge in [-0.25, -0.2) is 0 Å². The highest BCUT2D eigenvalue weighted by molar-refractivity contribution is 6.31. The molecule has 15 heavy (non-hydrogen) atoms. The van der Waals surface area contributed by atoms with Crippen LogP contribution in [0.25, 0.3) is 0 Å². The van der Waals surface area contributed by atoms with E-state index in [2.05, 4.69) is 43.0 Å². The summed E-state index contributed by atoms with van der Waals surface area (Å²) in [7, 11) is 4.28. The number of nitrogens with zero attached hydrogens (tertiary/aromatic N) is 2. The van der Waals surface area contributed by atoms with Crippen LogP contribution in [0.5, 0.6) is 0 Å². The number of hydrogen-bond acceptors (Lipinski definition) is 2. The maximum Gasteiger partial charge on any atom is 0.0618 e. The molecular weight excluding hydrogens is 208 g/mol. The molecule has 2 rings (SSSR count). The van der Waals surface area contributed by atoms with E-state index in [0.29, 0.717) is 6.04 Å². The van der Waals surface area contributed by atoms with Gasteiger partial charge in [0, 0.05) is 31.7 Å². The van der Waals surface area contributed by atoms with Crippen LogP contribution in [0.2, 0.25) is 5.02 Å². The van der Waals surface area contributed by atoms with Crippen molar-refractivity contribution in [1.29, 1.82) is 0 Å². The summed E-state index contributed by atoms with van der Waals surface area (Å²) in [5.74, 6) is 0. The predicted molar refractivity (Wildman–Crippen MR) is 67.2 cm³/mol. The second-order valence-corrected chi connectivity index (χ2v) is 4.74. The van der Waals surface area contributed by atoms with Gasteiger partial charge in [0.25, 0.3) is 0 Å². The van der Waals surface area contributed by atoms with E-state index in [4.69, 9.17) is 11.6 Å². The highest BCUT2D eigenvalue weighted by Gasteiger charge is 2.20. The van der Waals surface area contributed by atoms with Gasteiger partial charge in [-0.2, -0.15) is 0 Å². The maximum atomic E-state index is 6.05. The quantitative estimate of drug-likeness (QED) is 0.669. The molecule has 82 valence electrons. The standard InChI is InChI=1S/C12H17ClN2/c1-9-6-7-14(2)11-5-4-10(13)8-12(11)15(9)3/h4-5,8-9H,6-7H2,1-3H3/t9-/m0/s1. The van der Waals surface area contributed by atoms with Gasteiger partial charge in [0.05, 0.1) is 11.4 Å². The molecule has 0 N–H and O–H groups in total. The largest absolute Gasteiger partial charge is 0.373 e. The molecule has 2 nitrogen and oxygen atoms in total. The Balaban J connectivity index is 2.50. The minimum Gasteiger partial charge on any atom is -0.373 e. The van der Waals surface area contributed by atoms with E-state index in [1.165, 1.54) is 17.8 Å². The monoisotopic (exact) mass is 224 g/mol. The zero-order valence-electron chi connectivity index (χ0n) is 9.50. The molecule has 1 aliphatic rings. The fraction of sp³-hybridized carbons (Fsp3) is 0.500. The lowest BCUT2D eigenvalue weighted by Crippen LogP contribution is -2.28. The smallest absolute Gasteiger partial charge is 0.0618 e. The number of fused-ring (bicyclic) bond motifs is 1. The van der Waals surface area contributed by atoms with Crippen molar-refractivity contribution in [2.45, 2.75) is 19.4 Å². The summed E-state index contributed by atoms with van der Waals surface area (Å²) in [4.78, 5) is 4.61. The Morgan fingerprint density at radius 2 is 2.00 bits per heavy atom. The van der Waals surface area contributed by atoms with Gasteiger partial charge in [-0.1, -0.05) is 11.6 Å². The van der Waals surface area contributed by atoms with Crippen molar-refractivity contribution < 1.29 is 0 Å². The number of anilines is 2. The number of benzene rings is 1. The summed E-state index contributed by atoms with van der Waals surface area (Å²) in [6.07, 6.45) is 1.18. The lowest BCUT2D eigenvalue weighted by molar-refractivity contribution is 0.640. The maximum absolute atomic E-state index is 6.05. The van der Waals surface area contributed by atoms with Gasteiger partial charge >= 0.3 is 0 Å². The van der Waals surface area contributed by atoms with Gasteiger partial charge < -0.3 is 9.80 Å². The highest BCUT2D eigenvalue weighted by Crippen LogP contribution is 2.34. The Labute approximate surface area is 96.4 Å². The SMILES string of the molecule is C[C@H]1CCN(C)c2ccc(Cl)cc2N1C. The Morgan fingerprint density at radius 3 is 2.73 bits per heavy atom. The first-order chi connectivity index (χ1) is 7.09. The van der Waals surface area contributed by atoms with Crippen molar-refractivity contribution >= 4 is 23.0 Å². The molecule has 0 fully saturated rings. The molecule has 1 aromatic carbocycles. The molecule has 0 amide bonds. The van der Waals surface area contributed by atoms with Crippen molar-refractivity contribution in [2.75, 3.05) is 30.4 Å². The normalized spacial score (nSPS) is 21.2. The van der Waals surface area contributed by atoms with Gasteiger partial charge in [-0.3, -0.25) is 0 Å². The van der Waals surface area contributed by atoms with Gasteiger partial charge in [-0.15, -0.1) is 0 Å². The van der Waals surface area contributed by atoms with E-state index in [1.807, 2.05) is 6.07 Å². The molecule has 1 atom stereocenters. The summed E-state index contributed by atoms with van der Waals surface area (Å²) >= 11 is 6.05. The number of halogens is 1. The third kappa shape index (κ3) is 1.91. The zero-order valence-corrected chi connectivity index (χ0v) is 10.3. The lowest BCUT2D eigenvalue weighted by Gasteiger charge is -2.26. The molecular formula is C12H17ClN2. The van der Waals surface area contributed by atoms with Crippen molar-refractivity contribution in [2.24, 2.45) is 0 Å². The first-order valence-electron chi connectivity index (χ1n) is 5.33. The van der Waals surface area contributed by atoms with E-state index in [9.17, 15) is 0 Å². The summed E-state index contributed by atoms with van der Waals surface area (Å²) in [6.45, 7) is 3.35. The molecule has 0 bridgehead atoms. The number of hydrogen-bond donors (Lipinski definition) is 0. The Bertz CT molecular complexity index is 365. The average molecular weight is 225 g/mol. The Morgan fingerprint density at radius 1 is 1.27 bits per heavy atom. The van der Waals surface area contributed by atoms with Crippen LogP contribution in [-0.2, 0) is 0 Å². The van der Waals surface area contributed by atoms with E-state index < -0.39 is 0 Å². The second-order valence-electron chi connectivity index (χ2n) is 4.30. The first-order valence-corrected chi connectivity index (χ1v) is 5.71.